The van der Waals surface area contributed by atoms with Crippen LogP contribution in [0.25, 0.3) is 0 Å². The van der Waals surface area contributed by atoms with Gasteiger partial charge in [0.15, 0.2) is 16.6 Å². The van der Waals surface area contributed by atoms with Crippen LogP contribution in [0.5, 0.6) is 0 Å². The molecule has 0 bridgehead atoms. The zero-order chi connectivity index (χ0) is 15.4. The molecular formula is C12H24O5Si2. The van der Waals surface area contributed by atoms with Crippen molar-refractivity contribution in [3.63, 3.8) is 0 Å². The molecular weight excluding hydrogens is 280 g/mol. The topological polar surface area (TPSA) is 83.8 Å². The Morgan fingerprint density at radius 3 is 1.89 bits per heavy atom. The largest absolute Gasteiger partial charge is 0.478 e. The monoisotopic (exact) mass is 304 g/mol. The number of rotatable bonds is 7. The van der Waals surface area contributed by atoms with Crippen LogP contribution in [-0.2, 0) is 13.7 Å². The molecule has 0 aliphatic heterocycles. The smallest absolute Gasteiger partial charge is 0.331 e. The van der Waals surface area contributed by atoms with E-state index in [0.717, 1.165) is 6.08 Å². The van der Waals surface area contributed by atoms with E-state index in [1.54, 1.807) is 0 Å². The van der Waals surface area contributed by atoms with Gasteiger partial charge in [-0.05, 0) is 39.2 Å². The van der Waals surface area contributed by atoms with Crippen molar-refractivity contribution >= 4 is 28.6 Å². The minimum atomic E-state index is -2.31. The molecule has 5 nitrogen and oxygen atoms in total. The van der Waals surface area contributed by atoms with Crippen molar-refractivity contribution in [2.75, 3.05) is 0 Å². The molecule has 0 radical (unpaired) electrons. The van der Waals surface area contributed by atoms with Crippen LogP contribution in [0.15, 0.2) is 11.6 Å². The van der Waals surface area contributed by atoms with Gasteiger partial charge in [0.2, 0.25) is 0 Å². The highest BCUT2D eigenvalue weighted by atomic mass is 28.4. The second kappa shape index (κ2) is 6.49. The first-order valence-electron chi connectivity index (χ1n) is 6.28. The summed E-state index contributed by atoms with van der Waals surface area (Å²) >= 11 is 0. The van der Waals surface area contributed by atoms with Crippen molar-refractivity contribution < 1.29 is 23.9 Å². The van der Waals surface area contributed by atoms with Crippen LogP contribution in [0.4, 0.5) is 0 Å². The maximum absolute atomic E-state index is 11.3. The van der Waals surface area contributed by atoms with E-state index in [1.807, 2.05) is 20.0 Å². The molecule has 0 saturated heterocycles. The van der Waals surface area contributed by atoms with Crippen LogP contribution >= 0.6 is 0 Å². The Morgan fingerprint density at radius 1 is 1.16 bits per heavy atom. The third-order valence-corrected chi connectivity index (χ3v) is 9.67. The normalized spacial score (nSPS) is 15.2. The van der Waals surface area contributed by atoms with E-state index in [2.05, 4.69) is 19.6 Å². The number of carbonyl (C=O) groups is 2. The number of carboxylic acid groups (broad SMARTS) is 2. The van der Waals surface area contributed by atoms with Crippen LogP contribution in [0, 0.1) is 0 Å². The van der Waals surface area contributed by atoms with E-state index >= 15 is 0 Å². The SMILES string of the molecule is CCC(/C(=C\C(=O)O)C(=O)O)[Si](C)(C)O[Si](C)(C)C. The summed E-state index contributed by atoms with van der Waals surface area (Å²) in [5, 5.41) is 18.1. The fourth-order valence-electron chi connectivity index (χ4n) is 2.39. The Kier molecular flexibility index (Phi) is 6.17. The van der Waals surface area contributed by atoms with Crippen molar-refractivity contribution in [3.8, 4) is 0 Å². The summed E-state index contributed by atoms with van der Waals surface area (Å²) in [5.74, 6) is -2.40. The average Bonchev–Trinajstić information content (AvgIpc) is 2.11. The van der Waals surface area contributed by atoms with Crippen LogP contribution < -0.4 is 0 Å². The number of hydrogen-bond acceptors (Lipinski definition) is 3. The van der Waals surface area contributed by atoms with Gasteiger partial charge in [-0.25, -0.2) is 9.59 Å². The van der Waals surface area contributed by atoms with Gasteiger partial charge >= 0.3 is 11.9 Å². The number of carboxylic acids is 2. The molecule has 0 spiro atoms. The molecule has 0 aliphatic rings. The molecule has 0 amide bonds. The molecule has 7 heteroatoms. The molecule has 110 valence electrons. The van der Waals surface area contributed by atoms with Gasteiger partial charge in [-0.3, -0.25) is 0 Å². The molecule has 2 N–H and O–H groups in total. The Labute approximate surface area is 116 Å². The molecule has 0 aromatic heterocycles. The lowest BCUT2D eigenvalue weighted by atomic mass is 10.1. The molecule has 0 rings (SSSR count). The van der Waals surface area contributed by atoms with Crippen LogP contribution in [0.2, 0.25) is 38.3 Å². The number of hydrogen-bond donors (Lipinski definition) is 2. The molecule has 0 aromatic rings. The van der Waals surface area contributed by atoms with Crippen molar-refractivity contribution in [2.45, 2.75) is 51.6 Å². The van der Waals surface area contributed by atoms with Gasteiger partial charge in [-0.1, -0.05) is 6.92 Å². The van der Waals surface area contributed by atoms with E-state index in [9.17, 15) is 14.7 Å². The summed E-state index contributed by atoms with van der Waals surface area (Å²) in [6, 6.07) is 0. The first-order chi connectivity index (χ1) is 8.40. The molecule has 0 aliphatic carbocycles. The van der Waals surface area contributed by atoms with Crippen LogP contribution in [-0.4, -0.2) is 38.8 Å². The lowest BCUT2D eigenvalue weighted by Crippen LogP contribution is -2.47. The second-order valence-electron chi connectivity index (χ2n) is 6.02. The fourth-order valence-corrected chi connectivity index (χ4v) is 11.2. The Morgan fingerprint density at radius 2 is 1.63 bits per heavy atom. The number of aliphatic carboxylic acids is 2. The summed E-state index contributed by atoms with van der Waals surface area (Å²) in [7, 11) is -4.11. The average molecular weight is 304 g/mol. The molecule has 1 unspecified atom stereocenters. The van der Waals surface area contributed by atoms with Gasteiger partial charge in [-0.2, -0.15) is 0 Å². The van der Waals surface area contributed by atoms with Crippen molar-refractivity contribution in [2.24, 2.45) is 0 Å². The quantitative estimate of drug-likeness (QED) is 0.558. The molecule has 0 heterocycles. The Balaban J connectivity index is 5.49. The lowest BCUT2D eigenvalue weighted by molar-refractivity contribution is -0.135. The van der Waals surface area contributed by atoms with E-state index in [1.165, 1.54) is 0 Å². The summed E-state index contributed by atoms with van der Waals surface area (Å²) < 4.78 is 6.17. The molecule has 0 saturated carbocycles. The maximum Gasteiger partial charge on any atom is 0.331 e. The Bertz CT molecular complexity index is 382. The third-order valence-electron chi connectivity index (χ3n) is 2.72. The van der Waals surface area contributed by atoms with Crippen LogP contribution in [0.3, 0.4) is 0 Å². The molecule has 19 heavy (non-hydrogen) atoms. The van der Waals surface area contributed by atoms with Crippen LogP contribution in [0.1, 0.15) is 13.3 Å². The summed E-state index contributed by atoms with van der Waals surface area (Å²) in [5.41, 5.74) is -0.377. The van der Waals surface area contributed by atoms with E-state index in [-0.39, 0.29) is 11.1 Å². The van der Waals surface area contributed by atoms with Crippen molar-refractivity contribution in [3.05, 3.63) is 11.6 Å². The summed E-state index contributed by atoms with van der Waals surface area (Å²) in [6.45, 7) is 11.9. The van der Waals surface area contributed by atoms with Gasteiger partial charge in [0.05, 0.1) is 0 Å². The van der Waals surface area contributed by atoms with Gasteiger partial charge in [-0.15, -0.1) is 0 Å². The lowest BCUT2D eigenvalue weighted by Gasteiger charge is -2.37. The van der Waals surface area contributed by atoms with Gasteiger partial charge in [0, 0.05) is 17.2 Å². The molecule has 0 aromatic carbocycles. The summed E-state index contributed by atoms with van der Waals surface area (Å²) in [4.78, 5) is 22.1. The van der Waals surface area contributed by atoms with E-state index in [4.69, 9.17) is 9.22 Å². The zero-order valence-electron chi connectivity index (χ0n) is 12.5. The van der Waals surface area contributed by atoms with E-state index < -0.39 is 28.6 Å². The highest BCUT2D eigenvalue weighted by molar-refractivity contribution is 6.85. The van der Waals surface area contributed by atoms with E-state index in [0.29, 0.717) is 6.42 Å². The van der Waals surface area contributed by atoms with Gasteiger partial charge in [0.1, 0.15) is 0 Å². The predicted molar refractivity (Wildman–Crippen MR) is 79.3 cm³/mol. The highest BCUT2D eigenvalue weighted by Crippen LogP contribution is 2.35. The minimum absolute atomic E-state index is 0.0510. The third kappa shape index (κ3) is 6.17. The van der Waals surface area contributed by atoms with Crippen molar-refractivity contribution in [1.82, 2.24) is 0 Å². The minimum Gasteiger partial charge on any atom is -0.478 e. The summed E-state index contributed by atoms with van der Waals surface area (Å²) in [6.07, 6.45) is 1.37. The maximum atomic E-state index is 11.3. The fraction of sp³-hybridized carbons (Fsp3) is 0.667. The highest BCUT2D eigenvalue weighted by Gasteiger charge is 2.40. The molecule has 0 fully saturated rings. The van der Waals surface area contributed by atoms with Gasteiger partial charge < -0.3 is 14.3 Å². The molecule has 1 atom stereocenters. The standard InChI is InChI=1S/C12H24O5Si2/c1-7-10(9(12(15)16)8-11(13)14)19(5,6)17-18(2,3)4/h8,10H,7H2,1-6H3,(H,13,14)(H,15,16)/b9-8+. The zero-order valence-corrected chi connectivity index (χ0v) is 14.5. The first-order valence-corrected chi connectivity index (χ1v) is 12.7. The second-order valence-corrected chi connectivity index (χ2v) is 15.0. The predicted octanol–water partition coefficient (Wildman–Crippen LogP) is 2.92. The van der Waals surface area contributed by atoms with Gasteiger partial charge in [0.25, 0.3) is 0 Å². The first kappa shape index (κ1) is 18.1. The van der Waals surface area contributed by atoms with Crippen molar-refractivity contribution in [1.29, 1.82) is 0 Å². The Hall–Kier alpha value is -0.926.